The molecule has 334 valence electrons. The van der Waals surface area contributed by atoms with Gasteiger partial charge in [-0.25, -0.2) is 0 Å². The van der Waals surface area contributed by atoms with Crippen molar-refractivity contribution in [3.8, 4) is 11.8 Å². The van der Waals surface area contributed by atoms with Crippen LogP contribution in [-0.4, -0.2) is 11.3 Å². The van der Waals surface area contributed by atoms with Gasteiger partial charge in [0.2, 0.25) is 0 Å². The zero-order valence-corrected chi connectivity index (χ0v) is 42.8. The number of fused-ring (bicyclic) bond motifs is 14. The molecule has 4 nitrogen and oxygen atoms in total. The second kappa shape index (κ2) is 13.5. The van der Waals surface area contributed by atoms with Crippen molar-refractivity contribution < 1.29 is 0 Å². The van der Waals surface area contributed by atoms with Gasteiger partial charge in [-0.2, -0.15) is 5.26 Å². The highest BCUT2D eigenvalue weighted by molar-refractivity contribution is 7.33. The predicted molar refractivity (Wildman–Crippen MR) is 296 cm³/mol. The highest BCUT2D eigenvalue weighted by Gasteiger charge is 2.49. The summed E-state index contributed by atoms with van der Waals surface area (Å²) < 4.78 is 7.78. The van der Waals surface area contributed by atoms with Gasteiger partial charge in [0, 0.05) is 62.9 Å². The monoisotopic (exact) mass is 918 g/mol. The summed E-state index contributed by atoms with van der Waals surface area (Å²) in [5.74, 6) is 0. The molecule has 6 heterocycles. The minimum atomic E-state index is -0.132. The number of benzene rings is 7. The van der Waals surface area contributed by atoms with E-state index in [1.165, 1.54) is 113 Å². The molecule has 10 aromatic rings. The van der Waals surface area contributed by atoms with Crippen LogP contribution in [0.3, 0.4) is 0 Å². The first-order valence-corrected chi connectivity index (χ1v) is 25.8. The molecule has 0 aliphatic carbocycles. The van der Waals surface area contributed by atoms with Gasteiger partial charge in [-0.1, -0.05) is 126 Å². The minimum Gasteiger partial charge on any atom is -0.310 e. The Bertz CT molecular complexity index is 3940. The summed E-state index contributed by atoms with van der Waals surface area (Å²) in [6.45, 7) is 27.9. The second-order valence-electron chi connectivity index (χ2n) is 23.8. The molecule has 0 saturated heterocycles. The summed E-state index contributed by atoms with van der Waals surface area (Å²) in [5.41, 5.74) is 18.7. The number of rotatable bonds is 1. The average molecular weight is 919 g/mol. The van der Waals surface area contributed by atoms with Crippen molar-refractivity contribution in [3.05, 3.63) is 143 Å². The van der Waals surface area contributed by atoms with Gasteiger partial charge < -0.3 is 14.4 Å². The van der Waals surface area contributed by atoms with E-state index >= 15 is 0 Å². The fourth-order valence-corrected chi connectivity index (χ4v) is 14.0. The lowest BCUT2D eigenvalue weighted by atomic mass is 9.35. The van der Waals surface area contributed by atoms with Gasteiger partial charge in [0.05, 0.1) is 45.4 Å². The number of anilines is 6. The van der Waals surface area contributed by atoms with E-state index in [1.807, 2.05) is 22.7 Å². The summed E-state index contributed by atoms with van der Waals surface area (Å²) in [4.78, 5) is 5.12. The first-order chi connectivity index (χ1) is 32.2. The highest BCUT2D eigenvalue weighted by Crippen LogP contribution is 2.56. The Morgan fingerprint density at radius 3 is 1.78 bits per heavy atom. The average Bonchev–Trinajstić information content (AvgIpc) is 3.96. The number of nitrogens with zero attached hydrogens (tertiary/aromatic N) is 4. The molecule has 0 saturated carbocycles. The molecule has 68 heavy (non-hydrogen) atoms. The van der Waals surface area contributed by atoms with Gasteiger partial charge in [-0.3, -0.25) is 0 Å². The Balaban J connectivity index is 1.21. The third kappa shape index (κ3) is 5.71. The molecule has 0 fully saturated rings. The van der Waals surface area contributed by atoms with Crippen molar-refractivity contribution in [2.45, 2.75) is 105 Å². The van der Waals surface area contributed by atoms with Gasteiger partial charge in [0.1, 0.15) is 0 Å². The molecule has 0 unspecified atom stereocenters. The molecule has 0 spiro atoms. The van der Waals surface area contributed by atoms with Crippen LogP contribution in [-0.2, 0) is 21.7 Å². The maximum absolute atomic E-state index is 11.2. The van der Waals surface area contributed by atoms with E-state index in [4.69, 9.17) is 0 Å². The third-order valence-electron chi connectivity index (χ3n) is 15.3. The van der Waals surface area contributed by atoms with Crippen LogP contribution in [0.5, 0.6) is 0 Å². The van der Waals surface area contributed by atoms with E-state index in [1.54, 1.807) is 0 Å². The van der Waals surface area contributed by atoms with Gasteiger partial charge in [-0.15, -0.1) is 22.7 Å². The van der Waals surface area contributed by atoms with Crippen LogP contribution in [0.2, 0.25) is 0 Å². The summed E-state index contributed by atoms with van der Waals surface area (Å²) in [6.07, 6.45) is 0. The molecule has 0 bridgehead atoms. The Morgan fingerprint density at radius 1 is 0.471 bits per heavy atom. The van der Waals surface area contributed by atoms with E-state index in [2.05, 4.69) is 219 Å². The number of hydrogen-bond acceptors (Lipinski definition) is 5. The van der Waals surface area contributed by atoms with E-state index in [-0.39, 0.29) is 28.4 Å². The molecule has 3 aromatic heterocycles. The number of aromatic nitrogens is 1. The minimum absolute atomic E-state index is 0.0127. The smallest absolute Gasteiger partial charge is 0.264 e. The number of nitriles is 1. The van der Waals surface area contributed by atoms with Crippen molar-refractivity contribution in [3.63, 3.8) is 0 Å². The summed E-state index contributed by atoms with van der Waals surface area (Å²) in [5, 5.41) is 17.6. The Labute approximate surface area is 408 Å². The first-order valence-electron chi connectivity index (χ1n) is 24.2. The first kappa shape index (κ1) is 41.8. The lowest BCUT2D eigenvalue weighted by Crippen LogP contribution is -2.61. The molecule has 0 amide bonds. The van der Waals surface area contributed by atoms with Crippen LogP contribution in [0, 0.1) is 11.3 Å². The SMILES string of the molecule is CC(C)(C)c1cc2c3c(c1)-n1c4ccc(C(C)(C)C)cc4c4cc(C(C)(C)C)cc(c41)N3c1cc(C#N)cc3c1B2c1sc2ccc(C(C)(C)C)cc2c1N3c1ccc2c(c1)sc1ccccc12. The summed E-state index contributed by atoms with van der Waals surface area (Å²) in [6, 6.07) is 47.2. The lowest BCUT2D eigenvalue weighted by molar-refractivity contribution is 0.590. The normalized spacial score (nSPS) is 14.4. The van der Waals surface area contributed by atoms with Crippen LogP contribution in [0.15, 0.2) is 115 Å². The zero-order valence-electron chi connectivity index (χ0n) is 41.2. The molecular weight excluding hydrogens is 864 g/mol. The Morgan fingerprint density at radius 2 is 1.07 bits per heavy atom. The maximum atomic E-state index is 11.2. The molecule has 13 rings (SSSR count). The molecule has 7 aromatic carbocycles. The van der Waals surface area contributed by atoms with Gasteiger partial charge in [0.15, 0.2) is 0 Å². The third-order valence-corrected chi connectivity index (χ3v) is 17.6. The van der Waals surface area contributed by atoms with Crippen molar-refractivity contribution in [2.75, 3.05) is 9.80 Å². The van der Waals surface area contributed by atoms with E-state index in [0.29, 0.717) is 5.56 Å². The highest BCUT2D eigenvalue weighted by atomic mass is 32.1. The largest absolute Gasteiger partial charge is 0.310 e. The maximum Gasteiger partial charge on any atom is 0.264 e. The molecule has 0 N–H and O–H groups in total. The topological polar surface area (TPSA) is 35.2 Å². The molecular formula is C61H55BN4S2. The van der Waals surface area contributed by atoms with Crippen LogP contribution < -0.4 is 25.5 Å². The lowest BCUT2D eigenvalue weighted by Gasteiger charge is -2.46. The fourth-order valence-electron chi connectivity index (χ4n) is 11.5. The molecule has 3 aliphatic heterocycles. The van der Waals surface area contributed by atoms with Gasteiger partial charge in [-0.05, 0) is 128 Å². The predicted octanol–water partition coefficient (Wildman–Crippen LogP) is 15.8. The number of thiophene rings is 2. The quantitative estimate of drug-likeness (QED) is 0.154. The summed E-state index contributed by atoms with van der Waals surface area (Å²) in [7, 11) is 0. The fraction of sp³-hybridized carbons (Fsp3) is 0.262. The Kier molecular flexibility index (Phi) is 8.28. The van der Waals surface area contributed by atoms with Gasteiger partial charge >= 0.3 is 0 Å². The molecule has 0 atom stereocenters. The second-order valence-corrected chi connectivity index (χ2v) is 26.0. The summed E-state index contributed by atoms with van der Waals surface area (Å²) >= 11 is 3.81. The molecule has 3 aliphatic rings. The van der Waals surface area contributed by atoms with Crippen LogP contribution >= 0.6 is 22.7 Å². The van der Waals surface area contributed by atoms with Crippen LogP contribution in [0.25, 0.3) is 57.8 Å². The zero-order chi connectivity index (χ0) is 47.3. The van der Waals surface area contributed by atoms with Crippen molar-refractivity contribution in [2.24, 2.45) is 0 Å². The van der Waals surface area contributed by atoms with E-state index < -0.39 is 0 Å². The van der Waals surface area contributed by atoms with Crippen molar-refractivity contribution in [1.82, 2.24) is 4.57 Å². The Hall–Kier alpha value is -6.33. The van der Waals surface area contributed by atoms with Crippen molar-refractivity contribution >= 4 is 131 Å². The number of hydrogen-bond donors (Lipinski definition) is 0. The van der Waals surface area contributed by atoms with E-state index in [9.17, 15) is 5.26 Å². The van der Waals surface area contributed by atoms with Crippen LogP contribution in [0.1, 0.15) is 111 Å². The standard InChI is InChI=1S/C61H55BN4S2/c1-58(2,3)34-17-21-45-41(25-34)42-27-36(60(7,8)9)29-48-54(42)65(45)49-30-37(61(10,11)12)28-44-56(49)66(48)47-24-33(32-63)23-46-53(47)62(44)57-55(43-26-35(59(4,5)6)18-22-51(43)68-57)64(46)38-19-20-40-39-15-13-14-16-50(39)67-52(40)31-38/h13-31H,1-12H3. The van der Waals surface area contributed by atoms with Gasteiger partial charge in [0.25, 0.3) is 6.71 Å². The molecule has 7 heteroatoms. The molecule has 0 radical (unpaired) electrons. The van der Waals surface area contributed by atoms with Crippen LogP contribution in [0.4, 0.5) is 34.1 Å². The van der Waals surface area contributed by atoms with E-state index in [0.717, 1.165) is 17.1 Å². The van der Waals surface area contributed by atoms with Crippen molar-refractivity contribution in [1.29, 1.82) is 5.26 Å².